The summed E-state index contributed by atoms with van der Waals surface area (Å²) in [6.45, 7) is 9.63. The lowest BCUT2D eigenvalue weighted by Crippen LogP contribution is -2.36. The van der Waals surface area contributed by atoms with Gasteiger partial charge in [-0.15, -0.1) is 0 Å². The summed E-state index contributed by atoms with van der Waals surface area (Å²) in [5, 5.41) is 2.37. The fraction of sp³-hybridized carbons (Fsp3) is 0.462. The van der Waals surface area contributed by atoms with Gasteiger partial charge in [-0.05, 0) is 18.6 Å². The van der Waals surface area contributed by atoms with Crippen LogP contribution in [0.15, 0.2) is 13.2 Å². The van der Waals surface area contributed by atoms with Crippen LogP contribution in [0.3, 0.4) is 0 Å². The van der Waals surface area contributed by atoms with E-state index in [1.54, 1.807) is 17.2 Å². The summed E-state index contributed by atoms with van der Waals surface area (Å²) in [6, 6.07) is 0. The Kier molecular flexibility index (Phi) is 5.09. The molecule has 0 atom stereocenters. The molecule has 2 heterocycles. The number of anilines is 1. The molecule has 104 valence electrons. The minimum Gasteiger partial charge on any atom is -0.353 e. The van der Waals surface area contributed by atoms with Crippen LogP contribution < -0.4 is 10.9 Å². The van der Waals surface area contributed by atoms with E-state index in [1.807, 2.05) is 0 Å². The number of hydrazine groups is 1. The monoisotopic (exact) mass is 281 g/mol. The van der Waals surface area contributed by atoms with E-state index < -0.39 is 0 Å². The summed E-state index contributed by atoms with van der Waals surface area (Å²) in [7, 11) is 0. The van der Waals surface area contributed by atoms with Gasteiger partial charge in [0.15, 0.2) is 6.29 Å². The molecular weight excluding hydrogens is 262 g/mol. The number of rotatable bonds is 6. The van der Waals surface area contributed by atoms with E-state index >= 15 is 0 Å². The van der Waals surface area contributed by atoms with Crippen molar-refractivity contribution >= 4 is 28.6 Å². The van der Waals surface area contributed by atoms with Gasteiger partial charge in [0.05, 0.1) is 23.8 Å². The van der Waals surface area contributed by atoms with Crippen molar-refractivity contribution in [1.82, 2.24) is 4.98 Å². The number of thiazole rings is 1. The van der Waals surface area contributed by atoms with Crippen LogP contribution in [0.5, 0.6) is 0 Å². The van der Waals surface area contributed by atoms with Crippen molar-refractivity contribution in [2.24, 2.45) is 5.84 Å². The zero-order chi connectivity index (χ0) is 13.7. The second kappa shape index (κ2) is 6.81. The molecule has 1 aliphatic rings. The van der Waals surface area contributed by atoms with E-state index in [2.05, 4.69) is 18.1 Å². The molecule has 0 spiro atoms. The third-order valence-electron chi connectivity index (χ3n) is 2.80. The molecule has 1 aromatic heterocycles. The highest BCUT2D eigenvalue weighted by atomic mass is 32.1. The highest BCUT2D eigenvalue weighted by Gasteiger charge is 2.17. The second-order valence-electron chi connectivity index (χ2n) is 4.16. The maximum absolute atomic E-state index is 6.01. The molecule has 2 rings (SSSR count). The fourth-order valence-corrected chi connectivity index (χ4v) is 2.66. The number of aromatic nitrogens is 1. The summed E-state index contributed by atoms with van der Waals surface area (Å²) in [4.78, 5) is 5.39. The predicted molar refractivity (Wildman–Crippen MR) is 78.8 cm³/mol. The fourth-order valence-electron chi connectivity index (χ4n) is 1.79. The second-order valence-corrected chi connectivity index (χ2v) is 5.17. The molecule has 1 fully saturated rings. The van der Waals surface area contributed by atoms with Crippen molar-refractivity contribution in [3.05, 3.63) is 23.7 Å². The van der Waals surface area contributed by atoms with Crippen molar-refractivity contribution in [3.8, 4) is 0 Å². The highest BCUT2D eigenvalue weighted by molar-refractivity contribution is 7.16. The van der Waals surface area contributed by atoms with Gasteiger partial charge in [0.2, 0.25) is 5.13 Å². The van der Waals surface area contributed by atoms with E-state index in [4.69, 9.17) is 15.3 Å². The van der Waals surface area contributed by atoms with Crippen molar-refractivity contribution in [3.63, 3.8) is 0 Å². The number of ether oxygens (including phenoxy) is 2. The smallest absolute Gasteiger partial charge is 0.200 e. The Bertz CT molecular complexity index is 416. The zero-order valence-electron chi connectivity index (χ0n) is 10.9. The van der Waals surface area contributed by atoms with E-state index in [-0.39, 0.29) is 6.29 Å². The average Bonchev–Trinajstić information content (AvgIpc) is 2.89. The lowest BCUT2D eigenvalue weighted by molar-refractivity contribution is -0.179. The van der Waals surface area contributed by atoms with Crippen LogP contribution in [0.2, 0.25) is 0 Å². The first-order chi connectivity index (χ1) is 9.24. The van der Waals surface area contributed by atoms with E-state index in [0.717, 1.165) is 41.8 Å². The van der Waals surface area contributed by atoms with Crippen molar-refractivity contribution < 1.29 is 9.47 Å². The van der Waals surface area contributed by atoms with E-state index in [0.29, 0.717) is 6.54 Å². The minimum atomic E-state index is -0.155. The first-order valence-corrected chi connectivity index (χ1v) is 7.07. The Morgan fingerprint density at radius 2 is 2.11 bits per heavy atom. The molecule has 6 heteroatoms. The van der Waals surface area contributed by atoms with Gasteiger partial charge in [-0.3, -0.25) is 5.01 Å². The maximum Gasteiger partial charge on any atom is 0.200 e. The minimum absolute atomic E-state index is 0.155. The maximum atomic E-state index is 6.01. The molecule has 2 N–H and O–H groups in total. The molecule has 5 nitrogen and oxygen atoms in total. The Morgan fingerprint density at radius 3 is 2.68 bits per heavy atom. The molecule has 1 aromatic rings. The molecule has 19 heavy (non-hydrogen) atoms. The van der Waals surface area contributed by atoms with Crippen LogP contribution in [-0.4, -0.2) is 31.0 Å². The quantitative estimate of drug-likeness (QED) is 0.640. The SMILES string of the molecule is C=Cc1nc(N(N)CCC2OCCCO2)sc1C=C. The third-order valence-corrected chi connectivity index (χ3v) is 3.90. The van der Waals surface area contributed by atoms with Crippen molar-refractivity contribution in [1.29, 1.82) is 0 Å². The van der Waals surface area contributed by atoms with Gasteiger partial charge < -0.3 is 9.47 Å². The number of nitrogens with zero attached hydrogens (tertiary/aromatic N) is 2. The highest BCUT2D eigenvalue weighted by Crippen LogP contribution is 2.26. The molecule has 0 amide bonds. The topological polar surface area (TPSA) is 60.6 Å². The molecular formula is C13H19N3O2S. The summed E-state index contributed by atoms with van der Waals surface area (Å²) in [6.07, 6.45) is 5.00. The van der Waals surface area contributed by atoms with Gasteiger partial charge in [-0.1, -0.05) is 24.5 Å². The van der Waals surface area contributed by atoms with Gasteiger partial charge in [-0.2, -0.15) is 0 Å². The third kappa shape index (κ3) is 3.63. The number of hydrogen-bond donors (Lipinski definition) is 1. The summed E-state index contributed by atoms with van der Waals surface area (Å²) in [5.74, 6) is 6.01. The molecule has 0 aromatic carbocycles. The van der Waals surface area contributed by atoms with Gasteiger partial charge >= 0.3 is 0 Å². The van der Waals surface area contributed by atoms with Crippen LogP contribution in [0.25, 0.3) is 12.2 Å². The van der Waals surface area contributed by atoms with Crippen LogP contribution in [0.4, 0.5) is 5.13 Å². The summed E-state index contributed by atoms with van der Waals surface area (Å²) < 4.78 is 11.0. The molecule has 0 aliphatic carbocycles. The lowest BCUT2D eigenvalue weighted by atomic mass is 10.3. The zero-order valence-corrected chi connectivity index (χ0v) is 11.7. The number of nitrogens with two attached hydrogens (primary N) is 1. The van der Waals surface area contributed by atoms with Gasteiger partial charge in [0, 0.05) is 13.0 Å². The van der Waals surface area contributed by atoms with Crippen LogP contribution in [0.1, 0.15) is 23.4 Å². The molecule has 0 unspecified atom stereocenters. The van der Waals surface area contributed by atoms with Crippen molar-refractivity contribution in [2.75, 3.05) is 24.8 Å². The Hall–Kier alpha value is -1.21. The Balaban J connectivity index is 1.91. The molecule has 0 bridgehead atoms. The van der Waals surface area contributed by atoms with Crippen LogP contribution in [-0.2, 0) is 9.47 Å². The summed E-state index contributed by atoms with van der Waals surface area (Å²) in [5.41, 5.74) is 0.815. The molecule has 1 aliphatic heterocycles. The average molecular weight is 281 g/mol. The van der Waals surface area contributed by atoms with Gasteiger partial charge in [0.25, 0.3) is 0 Å². The predicted octanol–water partition coefficient (Wildman–Crippen LogP) is 2.26. The van der Waals surface area contributed by atoms with Gasteiger partial charge in [0.1, 0.15) is 0 Å². The van der Waals surface area contributed by atoms with Crippen molar-refractivity contribution in [2.45, 2.75) is 19.1 Å². The Labute approximate surface area is 117 Å². The Morgan fingerprint density at radius 1 is 1.37 bits per heavy atom. The molecule has 0 saturated carbocycles. The standard InChI is InChI=1S/C13H19N3O2S/c1-3-10-11(4-2)19-13(15-10)16(14)7-6-12-17-8-5-9-18-12/h3-4,12H,1-2,5-9,14H2. The first kappa shape index (κ1) is 14.2. The van der Waals surface area contributed by atoms with Crippen LogP contribution >= 0.6 is 11.3 Å². The first-order valence-electron chi connectivity index (χ1n) is 6.25. The van der Waals surface area contributed by atoms with E-state index in [9.17, 15) is 0 Å². The molecule has 1 saturated heterocycles. The lowest BCUT2D eigenvalue weighted by Gasteiger charge is -2.25. The normalized spacial score (nSPS) is 16.3. The summed E-state index contributed by atoms with van der Waals surface area (Å²) >= 11 is 1.50. The van der Waals surface area contributed by atoms with E-state index in [1.165, 1.54) is 11.3 Å². The number of hydrogen-bond acceptors (Lipinski definition) is 6. The van der Waals surface area contributed by atoms with Gasteiger partial charge in [-0.25, -0.2) is 10.8 Å². The molecule has 0 radical (unpaired) electrons. The largest absolute Gasteiger partial charge is 0.353 e. The van der Waals surface area contributed by atoms with Crippen LogP contribution in [0, 0.1) is 0 Å².